The minimum absolute atomic E-state index is 0. The third-order valence-electron chi connectivity index (χ3n) is 16.1. The molecule has 0 bridgehead atoms. The molecule has 110 heavy (non-hydrogen) atoms. The average molecular weight is 1510 g/mol. The van der Waals surface area contributed by atoms with Crippen LogP contribution in [0.3, 0.4) is 0 Å². The second-order valence-corrected chi connectivity index (χ2v) is 38.2. The quantitative estimate of drug-likeness (QED) is 0.135. The van der Waals surface area contributed by atoms with Gasteiger partial charge in [0.25, 0.3) is 0 Å². The second-order valence-electron chi connectivity index (χ2n) is 38.2. The van der Waals surface area contributed by atoms with Crippen molar-refractivity contribution in [3.63, 3.8) is 0 Å². The largest absolute Gasteiger partial charge is 0.207 e. The van der Waals surface area contributed by atoms with E-state index in [2.05, 4.69) is 374 Å². The third kappa shape index (κ3) is 55.9. The van der Waals surface area contributed by atoms with Gasteiger partial charge in [-0.2, -0.15) is 0 Å². The molecule has 2 heteroatoms. The van der Waals surface area contributed by atoms with Gasteiger partial charge in [0.05, 0.1) is 0 Å². The van der Waals surface area contributed by atoms with E-state index in [1.807, 2.05) is 19.1 Å². The molecule has 0 amide bonds. The molecule has 616 valence electrons. The summed E-state index contributed by atoms with van der Waals surface area (Å²) in [5, 5.41) is 5.42. The SMILES string of the molecule is C.C.C.C.C.C.C.C.CC(C)(C)CCc1ccccc1.CC(C)(C)Cc1ccc2ccccc2c1.CC(C)(C)Cc1cccc(F)c1.CC(C)(C)Cc1cccc2ccccc12.CC(C)(C)Cc1ccccc1.Cc1ccc(CC(C)(C)C)cc1.Cc1ccc(CC(C)(C)C)cc1.Cc1ccc(F)cc1CC(C)(C)C. The van der Waals surface area contributed by atoms with Gasteiger partial charge in [-0.1, -0.05) is 449 Å². The first-order valence-corrected chi connectivity index (χ1v) is 37.7. The van der Waals surface area contributed by atoms with Gasteiger partial charge in [0.1, 0.15) is 11.6 Å². The van der Waals surface area contributed by atoms with E-state index in [0.29, 0.717) is 32.5 Å². The van der Waals surface area contributed by atoms with Crippen LogP contribution in [0.25, 0.3) is 21.5 Å². The predicted molar refractivity (Wildman–Crippen MR) is 504 cm³/mol. The van der Waals surface area contributed by atoms with Crippen LogP contribution >= 0.6 is 0 Å². The fraction of sp³-hybridized carbons (Fsp3) is 0.481. The summed E-state index contributed by atoms with van der Waals surface area (Å²) in [5.74, 6) is -0.276. The van der Waals surface area contributed by atoms with Gasteiger partial charge in [0, 0.05) is 0 Å². The Hall–Kier alpha value is -7.42. The summed E-state index contributed by atoms with van der Waals surface area (Å²) in [4.78, 5) is 0. The third-order valence-corrected chi connectivity index (χ3v) is 16.1. The number of fused-ring (bicyclic) bond motifs is 2. The van der Waals surface area contributed by atoms with Crippen LogP contribution < -0.4 is 0 Å². The van der Waals surface area contributed by atoms with Gasteiger partial charge in [-0.15, -0.1) is 0 Å². The van der Waals surface area contributed by atoms with E-state index in [0.717, 1.165) is 56.1 Å². The normalized spacial score (nSPS) is 10.9. The molecular formula is C108H170F2. The highest BCUT2D eigenvalue weighted by atomic mass is 19.1. The van der Waals surface area contributed by atoms with E-state index in [4.69, 9.17) is 0 Å². The van der Waals surface area contributed by atoms with Gasteiger partial charge in [-0.25, -0.2) is 8.78 Å². The second kappa shape index (κ2) is 52.7. The Morgan fingerprint density at radius 2 is 0.527 bits per heavy atom. The summed E-state index contributed by atoms with van der Waals surface area (Å²) in [6, 6.07) is 81.2. The molecule has 10 rings (SSSR count). The maximum Gasteiger partial charge on any atom is 0.123 e. The van der Waals surface area contributed by atoms with Gasteiger partial charge in [-0.3, -0.25) is 0 Å². The van der Waals surface area contributed by atoms with Gasteiger partial charge in [0.2, 0.25) is 0 Å². The summed E-state index contributed by atoms with van der Waals surface area (Å²) in [5.41, 5.74) is 17.5. The summed E-state index contributed by atoms with van der Waals surface area (Å²) >= 11 is 0. The predicted octanol–water partition coefficient (Wildman–Crippen LogP) is 35.2. The maximum absolute atomic E-state index is 12.9. The van der Waals surface area contributed by atoms with Crippen molar-refractivity contribution in [1.29, 1.82) is 0 Å². The molecule has 0 aromatic heterocycles. The Morgan fingerprint density at radius 3 is 0.936 bits per heavy atom. The van der Waals surface area contributed by atoms with E-state index in [-0.39, 0.29) is 81.9 Å². The molecule has 0 fully saturated rings. The van der Waals surface area contributed by atoms with E-state index in [1.54, 1.807) is 18.2 Å². The fourth-order valence-corrected chi connectivity index (χ4v) is 11.6. The van der Waals surface area contributed by atoms with Crippen molar-refractivity contribution in [2.75, 3.05) is 0 Å². The highest BCUT2D eigenvalue weighted by Gasteiger charge is 2.17. The number of hydrogen-bond acceptors (Lipinski definition) is 0. The standard InChI is InChI=1S/2C15H18.C12H17F.3C12H18.C11H15F.C11H16.8CH4/c1-15(2,3)11-13-9-6-8-12-7-4-5-10-14(12)13;1-15(2,3)11-12-8-9-13-6-4-5-7-14(13)10-12;1-9-5-6-11(13)7-10(9)8-12(2,3)4;2*1-10-5-7-11(8-6-10)9-12(2,3)4;1-12(2,3)10-9-11-7-5-4-6-8-11;1-11(2,3)8-9-5-4-6-10(12)7-9;1-11(2,3)9-10-7-5-4-6-8-10;;;;;;;;/h2*4-10H,11H2,1-3H3;5-7H,8H2,1-4H3;2*5-8H,9H2,1-4H3;4-8H,9-10H2,1-3H3;4-7H,8H2,1-3H3;4-8H,9H2,1-3H3;8*1H4. The molecule has 0 radical (unpaired) electrons. The van der Waals surface area contributed by atoms with Gasteiger partial charge >= 0.3 is 0 Å². The van der Waals surface area contributed by atoms with Crippen molar-refractivity contribution in [2.24, 2.45) is 43.3 Å². The lowest BCUT2D eigenvalue weighted by Gasteiger charge is -2.19. The molecule has 0 spiro atoms. The molecule has 10 aromatic carbocycles. The molecule has 0 atom stereocenters. The van der Waals surface area contributed by atoms with Gasteiger partial charge < -0.3 is 0 Å². The molecule has 0 saturated heterocycles. The van der Waals surface area contributed by atoms with Crippen LogP contribution in [0.15, 0.2) is 237 Å². The highest BCUT2D eigenvalue weighted by molar-refractivity contribution is 5.86. The zero-order valence-electron chi connectivity index (χ0n) is 69.1. The van der Waals surface area contributed by atoms with Crippen molar-refractivity contribution >= 4 is 21.5 Å². The van der Waals surface area contributed by atoms with Crippen LogP contribution in [0, 0.1) is 75.7 Å². The zero-order chi connectivity index (χ0) is 76.8. The van der Waals surface area contributed by atoms with Crippen LogP contribution in [0.5, 0.6) is 0 Å². The van der Waals surface area contributed by atoms with Crippen LogP contribution in [0.4, 0.5) is 8.78 Å². The van der Waals surface area contributed by atoms with Crippen molar-refractivity contribution in [3.05, 3.63) is 309 Å². The molecule has 0 heterocycles. The first-order chi connectivity index (χ1) is 47.1. The zero-order valence-corrected chi connectivity index (χ0v) is 69.1. The van der Waals surface area contributed by atoms with Crippen molar-refractivity contribution < 1.29 is 8.78 Å². The van der Waals surface area contributed by atoms with Gasteiger partial charge in [-0.05, 0) is 218 Å². The summed E-state index contributed by atoms with van der Waals surface area (Å²) < 4.78 is 25.7. The first-order valence-electron chi connectivity index (χ1n) is 37.7. The Bertz CT molecular complexity index is 3850. The molecule has 0 nitrogen and oxygen atoms in total. The lowest BCUT2D eigenvalue weighted by atomic mass is 9.86. The summed E-state index contributed by atoms with van der Waals surface area (Å²) in [7, 11) is 0. The van der Waals surface area contributed by atoms with Gasteiger partial charge in [0.15, 0.2) is 0 Å². The summed E-state index contributed by atoms with van der Waals surface area (Å²) in [6.45, 7) is 60.2. The molecule has 0 N–H and O–H groups in total. The number of halogens is 2. The van der Waals surface area contributed by atoms with E-state index in [9.17, 15) is 8.78 Å². The van der Waals surface area contributed by atoms with Crippen LogP contribution in [0.2, 0.25) is 0 Å². The van der Waals surface area contributed by atoms with E-state index in [1.165, 1.54) is 96.6 Å². The molecular weight excluding hydrogens is 1340 g/mol. The Labute approximate surface area is 683 Å². The molecule has 10 aromatic rings. The average Bonchev–Trinajstić information content (AvgIpc) is 0.793. The Kier molecular flexibility index (Phi) is 54.4. The first kappa shape index (κ1) is 113. The minimum Gasteiger partial charge on any atom is -0.207 e. The smallest absolute Gasteiger partial charge is 0.123 e. The summed E-state index contributed by atoms with van der Waals surface area (Å²) in [6.07, 6.45) is 10.1. The molecule has 0 aliphatic rings. The minimum atomic E-state index is -0.142. The molecule has 0 aliphatic heterocycles. The highest BCUT2D eigenvalue weighted by Crippen LogP contribution is 2.30. The monoisotopic (exact) mass is 1510 g/mol. The fourth-order valence-electron chi connectivity index (χ4n) is 11.6. The number of rotatable bonds is 9. The van der Waals surface area contributed by atoms with Crippen LogP contribution in [-0.4, -0.2) is 0 Å². The Morgan fingerprint density at radius 1 is 0.218 bits per heavy atom. The maximum atomic E-state index is 12.9. The Balaban J connectivity index is -0.000000279. The van der Waals surface area contributed by atoms with Crippen molar-refractivity contribution in [2.45, 2.75) is 304 Å². The van der Waals surface area contributed by atoms with Crippen molar-refractivity contribution in [1.82, 2.24) is 0 Å². The molecule has 0 aliphatic carbocycles. The van der Waals surface area contributed by atoms with E-state index >= 15 is 0 Å². The molecule has 0 unspecified atom stereocenters. The number of aryl methyl sites for hydroxylation is 4. The van der Waals surface area contributed by atoms with E-state index < -0.39 is 0 Å². The number of hydrogen-bond donors (Lipinski definition) is 0. The lowest BCUT2D eigenvalue weighted by molar-refractivity contribution is 0.378. The lowest BCUT2D eigenvalue weighted by Crippen LogP contribution is -2.10. The van der Waals surface area contributed by atoms with Crippen LogP contribution in [0.1, 0.15) is 293 Å². The molecule has 0 saturated carbocycles. The topological polar surface area (TPSA) is 0 Å². The van der Waals surface area contributed by atoms with Crippen LogP contribution in [-0.2, 0) is 51.4 Å². The number of benzene rings is 10. The van der Waals surface area contributed by atoms with Crippen molar-refractivity contribution in [3.8, 4) is 0 Å².